The topological polar surface area (TPSA) is 142 Å². The molecular formula is C35H37N5O7. The van der Waals surface area contributed by atoms with Crippen molar-refractivity contribution in [2.24, 2.45) is 5.92 Å². The van der Waals surface area contributed by atoms with Crippen LogP contribution >= 0.6 is 0 Å². The number of aliphatic hydroxyl groups excluding tert-OH is 1. The van der Waals surface area contributed by atoms with Crippen molar-refractivity contribution in [3.8, 4) is 17.2 Å². The number of amides is 5. The van der Waals surface area contributed by atoms with Gasteiger partial charge in [-0.3, -0.25) is 4.79 Å². The molecule has 12 nitrogen and oxygen atoms in total. The van der Waals surface area contributed by atoms with Crippen LogP contribution < -0.4 is 30.2 Å². The maximum atomic E-state index is 13.8. The van der Waals surface area contributed by atoms with Crippen LogP contribution in [0.1, 0.15) is 24.2 Å². The first-order valence-corrected chi connectivity index (χ1v) is 15.4. The number of urea groups is 2. The Kier molecular flexibility index (Phi) is 9.03. The van der Waals surface area contributed by atoms with Crippen molar-refractivity contribution >= 4 is 45.8 Å². The summed E-state index contributed by atoms with van der Waals surface area (Å²) in [5.41, 5.74) is 1.83. The number of nitrogens with zero attached hydrogens (tertiary/aromatic N) is 2. The molecule has 0 saturated heterocycles. The number of aliphatic hydroxyl groups is 1. The van der Waals surface area contributed by atoms with Gasteiger partial charge in [0.15, 0.2) is 11.5 Å². The largest absolute Gasteiger partial charge is 0.487 e. The Labute approximate surface area is 272 Å². The second kappa shape index (κ2) is 13.5. The summed E-state index contributed by atoms with van der Waals surface area (Å²) >= 11 is 0. The normalized spacial score (nSPS) is 17.5. The molecule has 0 fully saturated rings. The van der Waals surface area contributed by atoms with Gasteiger partial charge < -0.3 is 45.1 Å². The summed E-state index contributed by atoms with van der Waals surface area (Å²) in [6.07, 6.45) is -0.504. The third-order valence-corrected chi connectivity index (χ3v) is 8.38. The Morgan fingerprint density at radius 1 is 0.936 bits per heavy atom. The average Bonchev–Trinajstić information content (AvgIpc) is 3.54. The molecule has 0 aromatic heterocycles. The third kappa shape index (κ3) is 6.87. The molecule has 244 valence electrons. The number of nitrogens with one attached hydrogen (secondary N) is 3. The summed E-state index contributed by atoms with van der Waals surface area (Å²) in [5.74, 6) is 0.949. The standard InChI is InChI=1S/C35H37N5O7/c1-21-17-40(22(2)19-41)33(42)27-15-24(36-34(43)38-28-10-6-8-23-7-4-5-9-26(23)28)11-13-29(27)47-32(21)18-39(3)35(44)37-25-12-14-30-31(16-25)46-20-45-30/h4-16,21-22,32,41H,17-20H2,1-3H3,(H,37,44)(H2,36,38,43)/t21-,22-,32-/m0/s1. The zero-order chi connectivity index (χ0) is 33.1. The van der Waals surface area contributed by atoms with Crippen LogP contribution in [0.4, 0.5) is 26.7 Å². The highest BCUT2D eigenvalue weighted by Gasteiger charge is 2.34. The van der Waals surface area contributed by atoms with Gasteiger partial charge in [0, 0.05) is 42.3 Å². The first-order valence-electron chi connectivity index (χ1n) is 15.4. The van der Waals surface area contributed by atoms with Crippen molar-refractivity contribution in [2.45, 2.75) is 26.0 Å². The summed E-state index contributed by atoms with van der Waals surface area (Å²) < 4.78 is 17.2. The van der Waals surface area contributed by atoms with Crippen molar-refractivity contribution < 1.29 is 33.7 Å². The van der Waals surface area contributed by atoms with Crippen LogP contribution in [-0.2, 0) is 0 Å². The summed E-state index contributed by atoms with van der Waals surface area (Å²) in [4.78, 5) is 43.2. The van der Waals surface area contributed by atoms with Crippen LogP contribution in [0.2, 0.25) is 0 Å². The molecule has 0 bridgehead atoms. The number of benzene rings is 4. The zero-order valence-corrected chi connectivity index (χ0v) is 26.4. The van der Waals surface area contributed by atoms with E-state index in [0.29, 0.717) is 34.3 Å². The highest BCUT2D eigenvalue weighted by atomic mass is 16.7. The van der Waals surface area contributed by atoms with Gasteiger partial charge in [0.2, 0.25) is 6.79 Å². The number of likely N-dealkylation sites (N-methyl/N-ethyl adjacent to an activating group) is 1. The van der Waals surface area contributed by atoms with E-state index >= 15 is 0 Å². The van der Waals surface area contributed by atoms with E-state index in [1.807, 2.05) is 49.4 Å². The van der Waals surface area contributed by atoms with Crippen LogP contribution in [0.3, 0.4) is 0 Å². The molecule has 4 aromatic rings. The fourth-order valence-corrected chi connectivity index (χ4v) is 5.68. The number of ether oxygens (including phenoxy) is 3. The number of rotatable bonds is 7. The average molecular weight is 640 g/mol. The number of carbonyl (C=O) groups excluding carboxylic acids is 3. The van der Waals surface area contributed by atoms with Crippen LogP contribution in [0.15, 0.2) is 78.9 Å². The Bertz CT molecular complexity index is 1810. The smallest absolute Gasteiger partial charge is 0.323 e. The highest BCUT2D eigenvalue weighted by Crippen LogP contribution is 2.35. The van der Waals surface area contributed by atoms with Gasteiger partial charge in [0.25, 0.3) is 5.91 Å². The number of carbonyl (C=O) groups is 3. The first kappa shape index (κ1) is 31.5. The molecule has 12 heteroatoms. The molecule has 0 aliphatic carbocycles. The van der Waals surface area contributed by atoms with E-state index in [9.17, 15) is 19.5 Å². The Morgan fingerprint density at radius 3 is 2.47 bits per heavy atom. The van der Waals surface area contributed by atoms with Crippen molar-refractivity contribution in [1.82, 2.24) is 9.80 Å². The van der Waals surface area contributed by atoms with Crippen LogP contribution in [-0.4, -0.2) is 78.6 Å². The molecule has 6 rings (SSSR count). The van der Waals surface area contributed by atoms with Gasteiger partial charge in [-0.15, -0.1) is 0 Å². The highest BCUT2D eigenvalue weighted by molar-refractivity contribution is 6.07. The first-order chi connectivity index (χ1) is 22.7. The van der Waals surface area contributed by atoms with Gasteiger partial charge in [-0.25, -0.2) is 9.59 Å². The Hall–Kier alpha value is -5.49. The molecule has 0 radical (unpaired) electrons. The van der Waals surface area contributed by atoms with E-state index in [2.05, 4.69) is 16.0 Å². The summed E-state index contributed by atoms with van der Waals surface area (Å²) in [6, 6.07) is 22.1. The Balaban J connectivity index is 1.20. The number of hydrogen-bond donors (Lipinski definition) is 4. The van der Waals surface area contributed by atoms with Gasteiger partial charge in [-0.05, 0) is 48.7 Å². The minimum Gasteiger partial charge on any atom is -0.487 e. The molecule has 3 atom stereocenters. The van der Waals surface area contributed by atoms with Crippen LogP contribution in [0.25, 0.3) is 10.8 Å². The van der Waals surface area contributed by atoms with Gasteiger partial charge in [-0.2, -0.15) is 0 Å². The summed E-state index contributed by atoms with van der Waals surface area (Å²) in [7, 11) is 1.67. The maximum Gasteiger partial charge on any atom is 0.323 e. The quantitative estimate of drug-likeness (QED) is 0.206. The maximum absolute atomic E-state index is 13.8. The minimum absolute atomic E-state index is 0.134. The SMILES string of the molecule is C[C@H]1CN([C@@H](C)CO)C(=O)c2cc(NC(=O)Nc3cccc4ccccc34)ccc2O[C@H]1CN(C)C(=O)Nc1ccc2c(c1)OCO2. The molecule has 2 aliphatic heterocycles. The molecule has 0 unspecified atom stereocenters. The lowest BCUT2D eigenvalue weighted by Gasteiger charge is -2.38. The molecule has 0 saturated carbocycles. The molecule has 4 aromatic carbocycles. The predicted octanol–water partition coefficient (Wildman–Crippen LogP) is 5.60. The van der Waals surface area contributed by atoms with Crippen molar-refractivity contribution in [1.29, 1.82) is 0 Å². The van der Waals surface area contributed by atoms with Crippen LogP contribution in [0, 0.1) is 5.92 Å². The molecule has 0 spiro atoms. The fraction of sp³-hybridized carbons (Fsp3) is 0.286. The molecular weight excluding hydrogens is 602 g/mol. The summed E-state index contributed by atoms with van der Waals surface area (Å²) in [6.45, 7) is 4.10. The lowest BCUT2D eigenvalue weighted by atomic mass is 9.99. The van der Waals surface area contributed by atoms with Gasteiger partial charge in [0.05, 0.1) is 30.4 Å². The second-order valence-electron chi connectivity index (χ2n) is 11.8. The van der Waals surface area contributed by atoms with Crippen molar-refractivity contribution in [3.63, 3.8) is 0 Å². The third-order valence-electron chi connectivity index (χ3n) is 8.38. The van der Waals surface area contributed by atoms with Gasteiger partial charge >= 0.3 is 12.1 Å². The Morgan fingerprint density at radius 2 is 1.66 bits per heavy atom. The molecule has 5 amide bonds. The molecule has 4 N–H and O–H groups in total. The number of fused-ring (bicyclic) bond motifs is 3. The molecule has 2 heterocycles. The van der Waals surface area contributed by atoms with E-state index < -0.39 is 18.2 Å². The van der Waals surface area contributed by atoms with E-state index in [4.69, 9.17) is 14.2 Å². The van der Waals surface area contributed by atoms with E-state index in [0.717, 1.165) is 10.8 Å². The minimum atomic E-state index is -0.504. The van der Waals surface area contributed by atoms with E-state index in [1.165, 1.54) is 4.90 Å². The molecule has 47 heavy (non-hydrogen) atoms. The fourth-order valence-electron chi connectivity index (χ4n) is 5.68. The van der Waals surface area contributed by atoms with Gasteiger partial charge in [-0.1, -0.05) is 43.3 Å². The van der Waals surface area contributed by atoms with E-state index in [1.54, 1.807) is 55.3 Å². The number of hydrogen-bond acceptors (Lipinski definition) is 7. The predicted molar refractivity (Wildman–Crippen MR) is 178 cm³/mol. The monoisotopic (exact) mass is 639 g/mol. The lowest BCUT2D eigenvalue weighted by Crippen LogP contribution is -2.50. The number of anilines is 3. The lowest BCUT2D eigenvalue weighted by molar-refractivity contribution is 0.0371. The van der Waals surface area contributed by atoms with Crippen molar-refractivity contribution in [2.75, 3.05) is 49.5 Å². The zero-order valence-electron chi connectivity index (χ0n) is 26.4. The van der Waals surface area contributed by atoms with Crippen LogP contribution in [0.5, 0.6) is 17.2 Å². The van der Waals surface area contributed by atoms with E-state index in [-0.39, 0.29) is 49.9 Å². The summed E-state index contributed by atoms with van der Waals surface area (Å²) in [5, 5.41) is 20.5. The molecule has 2 aliphatic rings. The van der Waals surface area contributed by atoms with Crippen molar-refractivity contribution in [3.05, 3.63) is 84.4 Å². The van der Waals surface area contributed by atoms with Gasteiger partial charge in [0.1, 0.15) is 11.9 Å². The second-order valence-corrected chi connectivity index (χ2v) is 11.8.